The van der Waals surface area contributed by atoms with Crippen molar-refractivity contribution in [2.24, 2.45) is 5.92 Å². The fourth-order valence-corrected chi connectivity index (χ4v) is 2.14. The summed E-state index contributed by atoms with van der Waals surface area (Å²) in [5.41, 5.74) is 0. The Morgan fingerprint density at radius 2 is 2.06 bits per heavy atom. The van der Waals surface area contributed by atoms with E-state index in [9.17, 15) is 14.4 Å². The predicted octanol–water partition coefficient (Wildman–Crippen LogP) is -0.373. The normalized spacial score (nSPS) is 23.3. The van der Waals surface area contributed by atoms with Crippen LogP contribution in [0.15, 0.2) is 0 Å². The van der Waals surface area contributed by atoms with Gasteiger partial charge in [0.1, 0.15) is 6.04 Å². The first kappa shape index (κ1) is 14.3. The van der Waals surface area contributed by atoms with Gasteiger partial charge in [0, 0.05) is 13.6 Å². The minimum atomic E-state index is -1.00. The fourth-order valence-electron chi connectivity index (χ4n) is 2.14. The first-order valence-corrected chi connectivity index (χ1v) is 5.95. The van der Waals surface area contributed by atoms with Gasteiger partial charge in [-0.1, -0.05) is 6.92 Å². The molecule has 2 unspecified atom stereocenters. The minimum Gasteiger partial charge on any atom is -0.480 e. The van der Waals surface area contributed by atoms with Gasteiger partial charge in [0.2, 0.25) is 5.91 Å². The van der Waals surface area contributed by atoms with Crippen molar-refractivity contribution < 1.29 is 19.5 Å². The summed E-state index contributed by atoms with van der Waals surface area (Å²) in [6, 6.07) is -1.32. The maximum absolute atomic E-state index is 11.9. The predicted molar refractivity (Wildman–Crippen MR) is 64.0 cm³/mol. The molecule has 7 nitrogen and oxygen atoms in total. The van der Waals surface area contributed by atoms with Crippen LogP contribution in [0, 0.1) is 5.92 Å². The van der Waals surface area contributed by atoms with E-state index in [0.717, 1.165) is 12.8 Å². The smallest absolute Gasteiger partial charge is 0.326 e. The number of urea groups is 1. The average Bonchev–Trinajstić information content (AvgIpc) is 2.34. The molecule has 3 amide bonds. The highest BCUT2D eigenvalue weighted by molar-refractivity contribution is 5.86. The van der Waals surface area contributed by atoms with Gasteiger partial charge in [0.15, 0.2) is 0 Å². The Bertz CT molecular complexity index is 345. The van der Waals surface area contributed by atoms with Gasteiger partial charge in [-0.15, -0.1) is 0 Å². The molecule has 0 aliphatic carbocycles. The third kappa shape index (κ3) is 3.35. The average molecular weight is 257 g/mol. The number of piperidine rings is 1. The topological polar surface area (TPSA) is 98.7 Å². The lowest BCUT2D eigenvalue weighted by molar-refractivity contribution is -0.145. The monoisotopic (exact) mass is 257 g/mol. The van der Waals surface area contributed by atoms with Gasteiger partial charge >= 0.3 is 12.0 Å². The van der Waals surface area contributed by atoms with Crippen molar-refractivity contribution in [2.45, 2.75) is 25.8 Å². The molecule has 0 saturated carbocycles. The number of carboxylic acid groups (broad SMARTS) is 1. The molecule has 1 aliphatic heterocycles. The van der Waals surface area contributed by atoms with Crippen molar-refractivity contribution in [3.63, 3.8) is 0 Å². The Morgan fingerprint density at radius 3 is 2.61 bits per heavy atom. The minimum absolute atomic E-state index is 0.0815. The van der Waals surface area contributed by atoms with E-state index in [1.54, 1.807) is 0 Å². The van der Waals surface area contributed by atoms with Crippen LogP contribution in [-0.2, 0) is 9.59 Å². The summed E-state index contributed by atoms with van der Waals surface area (Å²) >= 11 is 0. The lowest BCUT2D eigenvalue weighted by Crippen LogP contribution is -2.55. The highest BCUT2D eigenvalue weighted by atomic mass is 16.4. The molecule has 0 aromatic rings. The molecule has 0 aromatic carbocycles. The Hall–Kier alpha value is -1.79. The number of nitrogens with one attached hydrogen (secondary N) is 2. The number of amides is 3. The molecule has 1 aliphatic rings. The lowest BCUT2D eigenvalue weighted by Gasteiger charge is -2.37. The lowest BCUT2D eigenvalue weighted by atomic mass is 9.91. The molecule has 2 atom stereocenters. The molecule has 0 bridgehead atoms. The molecule has 0 spiro atoms. The molecule has 7 heteroatoms. The van der Waals surface area contributed by atoms with Crippen molar-refractivity contribution in [3.05, 3.63) is 0 Å². The molecule has 1 fully saturated rings. The van der Waals surface area contributed by atoms with E-state index in [-0.39, 0.29) is 18.4 Å². The highest BCUT2D eigenvalue weighted by Crippen LogP contribution is 2.23. The van der Waals surface area contributed by atoms with Crippen LogP contribution in [-0.4, -0.2) is 54.1 Å². The number of likely N-dealkylation sites (tertiary alicyclic amines) is 1. The van der Waals surface area contributed by atoms with Crippen LogP contribution < -0.4 is 10.6 Å². The molecule has 0 aromatic heterocycles. The number of aliphatic carboxylic acids is 1. The van der Waals surface area contributed by atoms with E-state index >= 15 is 0 Å². The molecule has 1 rings (SSSR count). The van der Waals surface area contributed by atoms with E-state index in [1.165, 1.54) is 11.9 Å². The van der Waals surface area contributed by atoms with Crippen molar-refractivity contribution >= 4 is 17.9 Å². The SMILES string of the molecule is CNC(=O)CNC(=O)N1CCCC(C)C1C(=O)O. The highest BCUT2D eigenvalue weighted by Gasteiger charge is 2.36. The maximum Gasteiger partial charge on any atom is 0.326 e. The summed E-state index contributed by atoms with van der Waals surface area (Å²) in [6.45, 7) is 2.07. The van der Waals surface area contributed by atoms with Crippen molar-refractivity contribution in [1.29, 1.82) is 0 Å². The van der Waals surface area contributed by atoms with Gasteiger partial charge < -0.3 is 20.6 Å². The largest absolute Gasteiger partial charge is 0.480 e. The first-order chi connectivity index (χ1) is 8.47. The Kier molecular flexibility index (Phi) is 4.94. The summed E-state index contributed by atoms with van der Waals surface area (Å²) in [4.78, 5) is 35.3. The van der Waals surface area contributed by atoms with Gasteiger partial charge in [-0.25, -0.2) is 9.59 Å². The zero-order chi connectivity index (χ0) is 13.7. The number of carbonyl (C=O) groups is 3. The van der Waals surface area contributed by atoms with Crippen LogP contribution in [0.1, 0.15) is 19.8 Å². The van der Waals surface area contributed by atoms with Crippen LogP contribution in [0.3, 0.4) is 0 Å². The molecule has 102 valence electrons. The fraction of sp³-hybridized carbons (Fsp3) is 0.727. The quantitative estimate of drug-likeness (QED) is 0.642. The van der Waals surface area contributed by atoms with E-state index in [0.29, 0.717) is 6.54 Å². The zero-order valence-corrected chi connectivity index (χ0v) is 10.6. The van der Waals surface area contributed by atoms with Crippen LogP contribution in [0.25, 0.3) is 0 Å². The second-order valence-electron chi connectivity index (χ2n) is 4.43. The Morgan fingerprint density at radius 1 is 1.39 bits per heavy atom. The third-order valence-corrected chi connectivity index (χ3v) is 3.13. The van der Waals surface area contributed by atoms with E-state index in [1.807, 2.05) is 6.92 Å². The van der Waals surface area contributed by atoms with Crippen molar-refractivity contribution in [2.75, 3.05) is 20.1 Å². The van der Waals surface area contributed by atoms with Gasteiger partial charge in [0.05, 0.1) is 6.54 Å². The summed E-state index contributed by atoms with van der Waals surface area (Å²) < 4.78 is 0. The van der Waals surface area contributed by atoms with Crippen molar-refractivity contribution in [3.8, 4) is 0 Å². The molecular weight excluding hydrogens is 238 g/mol. The van der Waals surface area contributed by atoms with E-state index < -0.39 is 18.0 Å². The molecule has 3 N–H and O–H groups in total. The third-order valence-electron chi connectivity index (χ3n) is 3.13. The standard InChI is InChI=1S/C11H19N3O4/c1-7-4-3-5-14(9(7)10(16)17)11(18)13-6-8(15)12-2/h7,9H,3-6H2,1-2H3,(H,12,15)(H,13,18)(H,16,17). The van der Waals surface area contributed by atoms with Crippen molar-refractivity contribution in [1.82, 2.24) is 15.5 Å². The summed E-state index contributed by atoms with van der Waals surface area (Å²) in [7, 11) is 1.47. The number of likely N-dealkylation sites (N-methyl/N-ethyl adjacent to an activating group) is 1. The van der Waals surface area contributed by atoms with Gasteiger partial charge in [-0.2, -0.15) is 0 Å². The van der Waals surface area contributed by atoms with E-state index in [2.05, 4.69) is 10.6 Å². The number of hydrogen-bond acceptors (Lipinski definition) is 3. The Labute approximate surface area is 106 Å². The number of carboxylic acids is 1. The Balaban J connectivity index is 2.63. The van der Waals surface area contributed by atoms with E-state index in [4.69, 9.17) is 5.11 Å². The number of carbonyl (C=O) groups excluding carboxylic acids is 2. The van der Waals surface area contributed by atoms with Crippen LogP contribution in [0.5, 0.6) is 0 Å². The molecule has 1 saturated heterocycles. The number of nitrogens with zero attached hydrogens (tertiary/aromatic N) is 1. The maximum atomic E-state index is 11.9. The summed E-state index contributed by atoms with van der Waals surface area (Å²) in [5, 5.41) is 13.9. The number of rotatable bonds is 3. The molecular formula is C11H19N3O4. The van der Waals surface area contributed by atoms with Gasteiger partial charge in [-0.05, 0) is 18.8 Å². The summed E-state index contributed by atoms with van der Waals surface area (Å²) in [6.07, 6.45) is 1.56. The molecule has 0 radical (unpaired) electrons. The molecule has 1 heterocycles. The number of hydrogen-bond donors (Lipinski definition) is 3. The first-order valence-electron chi connectivity index (χ1n) is 5.95. The second-order valence-corrected chi connectivity index (χ2v) is 4.43. The van der Waals surface area contributed by atoms with Crippen LogP contribution >= 0.6 is 0 Å². The van der Waals surface area contributed by atoms with Crippen LogP contribution in [0.2, 0.25) is 0 Å². The van der Waals surface area contributed by atoms with Gasteiger partial charge in [-0.3, -0.25) is 4.79 Å². The van der Waals surface area contributed by atoms with Crippen LogP contribution in [0.4, 0.5) is 4.79 Å². The second kappa shape index (κ2) is 6.23. The summed E-state index contributed by atoms with van der Waals surface area (Å²) in [5.74, 6) is -1.40. The van der Waals surface area contributed by atoms with Gasteiger partial charge in [0.25, 0.3) is 0 Å². The zero-order valence-electron chi connectivity index (χ0n) is 10.6. The molecule has 18 heavy (non-hydrogen) atoms.